The van der Waals surface area contributed by atoms with E-state index in [4.69, 9.17) is 28.2 Å². The van der Waals surface area contributed by atoms with Crippen molar-refractivity contribution in [2.75, 3.05) is 7.05 Å². The quantitative estimate of drug-likeness (QED) is 0.760. The Kier molecular flexibility index (Phi) is 3.25. The Morgan fingerprint density at radius 2 is 1.94 bits per heavy atom. The Morgan fingerprint density at radius 1 is 1.17 bits per heavy atom. The summed E-state index contributed by atoms with van der Waals surface area (Å²) in [6, 6.07) is 6.80. The molecule has 1 aromatic rings. The highest BCUT2D eigenvalue weighted by atomic mass is 35.5. The molecular formula is C14H16Cl2N2. The van der Waals surface area contributed by atoms with Crippen LogP contribution < -0.4 is 0 Å². The maximum Gasteiger partial charge on any atom is 0.131 e. The highest BCUT2D eigenvalue weighted by Gasteiger charge is 2.35. The number of likely N-dealkylation sites (N-methyl/N-ethyl adjacent to an activating group) is 1. The molecule has 96 valence electrons. The normalized spacial score (nSPS) is 27.1. The third kappa shape index (κ3) is 2.02. The Bertz CT molecular complexity index is 499. The largest absolute Gasteiger partial charge is 0.354 e. The van der Waals surface area contributed by atoms with Gasteiger partial charge in [-0.3, -0.25) is 4.99 Å². The van der Waals surface area contributed by atoms with Crippen molar-refractivity contribution in [1.29, 1.82) is 0 Å². The molecule has 0 bridgehead atoms. The lowest BCUT2D eigenvalue weighted by molar-refractivity contribution is 0.276. The van der Waals surface area contributed by atoms with E-state index in [1.54, 1.807) is 0 Å². The molecule has 1 aliphatic heterocycles. The minimum absolute atomic E-state index is 0.466. The molecule has 0 amide bonds. The Balaban J connectivity index is 1.94. The van der Waals surface area contributed by atoms with Gasteiger partial charge in [-0.1, -0.05) is 36.0 Å². The second-order valence-electron chi connectivity index (χ2n) is 5.11. The summed E-state index contributed by atoms with van der Waals surface area (Å²) in [5, 5.41) is 1.19. The number of hydrogen-bond donors (Lipinski definition) is 0. The zero-order chi connectivity index (χ0) is 12.7. The molecule has 2 nitrogen and oxygen atoms in total. The van der Waals surface area contributed by atoms with Crippen LogP contribution in [0.15, 0.2) is 23.2 Å². The highest BCUT2D eigenvalue weighted by Crippen LogP contribution is 2.32. The molecule has 0 spiro atoms. The van der Waals surface area contributed by atoms with E-state index in [1.807, 2.05) is 18.2 Å². The topological polar surface area (TPSA) is 15.6 Å². The van der Waals surface area contributed by atoms with Gasteiger partial charge in [0, 0.05) is 12.6 Å². The summed E-state index contributed by atoms with van der Waals surface area (Å²) in [7, 11) is 2.14. The molecule has 2 aliphatic rings. The van der Waals surface area contributed by atoms with Crippen molar-refractivity contribution in [2.24, 2.45) is 4.99 Å². The summed E-state index contributed by atoms with van der Waals surface area (Å²) in [6.07, 6.45) is 5.07. The number of aliphatic imine (C=N–C) groups is 1. The van der Waals surface area contributed by atoms with Crippen molar-refractivity contribution < 1.29 is 0 Å². The van der Waals surface area contributed by atoms with Crippen LogP contribution in [0.2, 0.25) is 10.0 Å². The number of benzene rings is 1. The highest BCUT2D eigenvalue weighted by molar-refractivity contribution is 6.42. The fraction of sp³-hybridized carbons (Fsp3) is 0.500. The molecule has 0 radical (unpaired) electrons. The summed E-state index contributed by atoms with van der Waals surface area (Å²) in [6.45, 7) is 0. The first kappa shape index (κ1) is 12.3. The summed E-state index contributed by atoms with van der Waals surface area (Å²) in [5.74, 6) is 1.06. The third-order valence-corrected chi connectivity index (χ3v) is 4.73. The van der Waals surface area contributed by atoms with E-state index in [9.17, 15) is 0 Å². The van der Waals surface area contributed by atoms with Gasteiger partial charge in [0.15, 0.2) is 0 Å². The molecule has 3 rings (SSSR count). The van der Waals surface area contributed by atoms with Crippen LogP contribution in [0.4, 0.5) is 0 Å². The predicted octanol–water partition coefficient (Wildman–Crippen LogP) is 4.00. The van der Waals surface area contributed by atoms with Crippen molar-refractivity contribution in [3.63, 3.8) is 0 Å². The van der Waals surface area contributed by atoms with Crippen LogP contribution in [-0.2, 0) is 0 Å². The Labute approximate surface area is 118 Å². The second kappa shape index (κ2) is 4.75. The minimum Gasteiger partial charge on any atom is -0.354 e. The molecule has 1 aliphatic carbocycles. The SMILES string of the molecule is CN1C(c2ccc(Cl)c(Cl)c2)=N[C@H]2CCCC[C@H]21. The van der Waals surface area contributed by atoms with E-state index in [0.29, 0.717) is 22.1 Å². The average molecular weight is 283 g/mol. The van der Waals surface area contributed by atoms with E-state index >= 15 is 0 Å². The van der Waals surface area contributed by atoms with E-state index in [1.165, 1.54) is 25.7 Å². The molecule has 1 fully saturated rings. The molecule has 0 aromatic heterocycles. The van der Waals surface area contributed by atoms with E-state index in [2.05, 4.69) is 11.9 Å². The molecule has 4 heteroatoms. The molecule has 1 heterocycles. The maximum atomic E-state index is 6.09. The van der Waals surface area contributed by atoms with Crippen LogP contribution in [0, 0.1) is 0 Å². The van der Waals surface area contributed by atoms with Crippen LogP contribution in [-0.4, -0.2) is 29.9 Å². The molecule has 0 unspecified atom stereocenters. The standard InChI is InChI=1S/C14H16Cl2N2/c1-18-13-5-3-2-4-12(13)17-14(18)9-6-7-10(15)11(16)8-9/h6-8,12-13H,2-5H2,1H3/t12-,13+/m0/s1. The first-order chi connectivity index (χ1) is 8.66. The molecular weight excluding hydrogens is 267 g/mol. The Hall–Kier alpha value is -0.730. The zero-order valence-electron chi connectivity index (χ0n) is 10.4. The van der Waals surface area contributed by atoms with E-state index in [-0.39, 0.29) is 0 Å². The second-order valence-corrected chi connectivity index (χ2v) is 5.93. The van der Waals surface area contributed by atoms with E-state index in [0.717, 1.165) is 11.4 Å². The molecule has 1 saturated carbocycles. The van der Waals surface area contributed by atoms with Crippen LogP contribution in [0.25, 0.3) is 0 Å². The predicted molar refractivity (Wildman–Crippen MR) is 76.8 cm³/mol. The minimum atomic E-state index is 0.466. The van der Waals surface area contributed by atoms with Crippen LogP contribution in [0.3, 0.4) is 0 Å². The van der Waals surface area contributed by atoms with Crippen molar-refractivity contribution in [3.8, 4) is 0 Å². The molecule has 1 aromatic carbocycles. The number of fused-ring (bicyclic) bond motifs is 1. The average Bonchev–Trinajstić information content (AvgIpc) is 2.71. The van der Waals surface area contributed by atoms with Crippen LogP contribution >= 0.6 is 23.2 Å². The monoisotopic (exact) mass is 282 g/mol. The number of amidine groups is 1. The molecule has 2 atom stereocenters. The first-order valence-corrected chi connectivity index (χ1v) is 7.18. The summed E-state index contributed by atoms with van der Waals surface area (Å²) >= 11 is 12.0. The fourth-order valence-corrected chi connectivity index (χ4v) is 3.31. The number of rotatable bonds is 1. The van der Waals surface area contributed by atoms with Crippen molar-refractivity contribution in [2.45, 2.75) is 37.8 Å². The number of hydrogen-bond acceptors (Lipinski definition) is 2. The maximum absolute atomic E-state index is 6.09. The van der Waals surface area contributed by atoms with Gasteiger partial charge in [-0.2, -0.15) is 0 Å². The van der Waals surface area contributed by atoms with E-state index < -0.39 is 0 Å². The molecule has 18 heavy (non-hydrogen) atoms. The fourth-order valence-electron chi connectivity index (χ4n) is 3.01. The van der Waals surface area contributed by atoms with Gasteiger partial charge in [0.25, 0.3) is 0 Å². The zero-order valence-corrected chi connectivity index (χ0v) is 11.9. The number of halogens is 2. The lowest BCUT2D eigenvalue weighted by Crippen LogP contribution is -2.38. The van der Waals surface area contributed by atoms with Gasteiger partial charge in [0.1, 0.15) is 5.84 Å². The Morgan fingerprint density at radius 3 is 2.67 bits per heavy atom. The van der Waals surface area contributed by atoms with Gasteiger partial charge in [0.2, 0.25) is 0 Å². The summed E-state index contributed by atoms with van der Waals surface area (Å²) in [4.78, 5) is 7.18. The molecule has 0 saturated heterocycles. The summed E-state index contributed by atoms with van der Waals surface area (Å²) < 4.78 is 0. The van der Waals surface area contributed by atoms with Gasteiger partial charge >= 0.3 is 0 Å². The van der Waals surface area contributed by atoms with Crippen molar-refractivity contribution >= 4 is 29.0 Å². The first-order valence-electron chi connectivity index (χ1n) is 6.43. The van der Waals surface area contributed by atoms with Gasteiger partial charge in [-0.25, -0.2) is 0 Å². The third-order valence-electron chi connectivity index (χ3n) is 3.99. The van der Waals surface area contributed by atoms with Crippen molar-refractivity contribution in [1.82, 2.24) is 4.90 Å². The van der Waals surface area contributed by atoms with Gasteiger partial charge < -0.3 is 4.90 Å². The summed E-state index contributed by atoms with van der Waals surface area (Å²) in [5.41, 5.74) is 1.07. The van der Waals surface area contributed by atoms with Crippen molar-refractivity contribution in [3.05, 3.63) is 33.8 Å². The lowest BCUT2D eigenvalue weighted by Gasteiger charge is -2.30. The lowest BCUT2D eigenvalue weighted by atomic mass is 9.91. The van der Waals surface area contributed by atoms with Gasteiger partial charge in [-0.15, -0.1) is 0 Å². The van der Waals surface area contributed by atoms with Gasteiger partial charge in [0.05, 0.1) is 22.1 Å². The molecule has 0 N–H and O–H groups in total. The van der Waals surface area contributed by atoms with Crippen LogP contribution in [0.5, 0.6) is 0 Å². The van der Waals surface area contributed by atoms with Crippen LogP contribution in [0.1, 0.15) is 31.2 Å². The van der Waals surface area contributed by atoms with Gasteiger partial charge in [-0.05, 0) is 31.0 Å². The smallest absolute Gasteiger partial charge is 0.131 e. The number of nitrogens with zero attached hydrogens (tertiary/aromatic N) is 2.